The summed E-state index contributed by atoms with van der Waals surface area (Å²) in [6.45, 7) is 4.21. The molecule has 6 heteroatoms. The van der Waals surface area contributed by atoms with Crippen molar-refractivity contribution in [1.82, 2.24) is 10.2 Å². The second-order valence-corrected chi connectivity index (χ2v) is 6.01. The Morgan fingerprint density at radius 3 is 2.65 bits per heavy atom. The number of halogens is 1. The lowest BCUT2D eigenvalue weighted by atomic mass is 10.1. The molecule has 1 aromatic heterocycles. The Balaban J connectivity index is 1.91. The number of nitrogens with zero attached hydrogens (tertiary/aromatic N) is 2. The molecule has 2 aromatic rings. The van der Waals surface area contributed by atoms with E-state index in [4.69, 9.17) is 0 Å². The molecule has 0 fully saturated rings. The summed E-state index contributed by atoms with van der Waals surface area (Å²) in [5.41, 5.74) is 0.760. The van der Waals surface area contributed by atoms with Gasteiger partial charge in [-0.3, -0.25) is 4.79 Å². The van der Waals surface area contributed by atoms with Gasteiger partial charge in [0.25, 0.3) is 0 Å². The number of hydrogen-bond donors (Lipinski definition) is 1. The zero-order chi connectivity index (χ0) is 14.5. The van der Waals surface area contributed by atoms with Gasteiger partial charge in [-0.05, 0) is 23.6 Å². The highest BCUT2D eigenvalue weighted by Crippen LogP contribution is 2.18. The van der Waals surface area contributed by atoms with E-state index in [1.807, 2.05) is 0 Å². The number of nitrogens with one attached hydrogen (secondary N) is 1. The maximum atomic E-state index is 12.8. The van der Waals surface area contributed by atoms with Crippen LogP contribution in [0.4, 0.5) is 9.52 Å². The molecule has 0 aliphatic carbocycles. The number of anilines is 1. The number of carbonyl (C=O) groups excluding carboxylic acids is 1. The maximum Gasteiger partial charge on any atom is 0.230 e. The highest BCUT2D eigenvalue weighted by Gasteiger charge is 2.10. The second-order valence-electron chi connectivity index (χ2n) is 4.95. The van der Waals surface area contributed by atoms with Crippen LogP contribution in [-0.4, -0.2) is 16.1 Å². The zero-order valence-corrected chi connectivity index (χ0v) is 12.2. The molecule has 0 aliphatic heterocycles. The molecule has 20 heavy (non-hydrogen) atoms. The fourth-order valence-electron chi connectivity index (χ4n) is 1.69. The van der Waals surface area contributed by atoms with Crippen LogP contribution >= 0.6 is 11.3 Å². The maximum absolute atomic E-state index is 12.8. The van der Waals surface area contributed by atoms with Gasteiger partial charge in [-0.1, -0.05) is 37.3 Å². The molecular weight excluding hydrogens is 277 g/mol. The number of hydrogen-bond acceptors (Lipinski definition) is 4. The van der Waals surface area contributed by atoms with Gasteiger partial charge in [-0.2, -0.15) is 0 Å². The third-order valence-corrected chi connectivity index (χ3v) is 3.44. The molecule has 1 heterocycles. The first-order valence-corrected chi connectivity index (χ1v) is 7.21. The Morgan fingerprint density at radius 1 is 1.30 bits per heavy atom. The number of benzene rings is 1. The summed E-state index contributed by atoms with van der Waals surface area (Å²) >= 11 is 1.39. The predicted octanol–water partition coefficient (Wildman–Crippen LogP) is 3.06. The van der Waals surface area contributed by atoms with Gasteiger partial charge in [0.15, 0.2) is 0 Å². The van der Waals surface area contributed by atoms with E-state index in [2.05, 4.69) is 29.4 Å². The summed E-state index contributed by atoms with van der Waals surface area (Å²) in [6, 6.07) is 5.88. The average Bonchev–Trinajstić information content (AvgIpc) is 2.78. The Bertz CT molecular complexity index is 580. The number of rotatable bonds is 5. The molecule has 106 valence electrons. The van der Waals surface area contributed by atoms with Crippen molar-refractivity contribution in [1.29, 1.82) is 0 Å². The summed E-state index contributed by atoms with van der Waals surface area (Å²) in [7, 11) is 0. The lowest BCUT2D eigenvalue weighted by Crippen LogP contribution is -2.14. The van der Waals surface area contributed by atoms with E-state index >= 15 is 0 Å². The van der Waals surface area contributed by atoms with E-state index in [-0.39, 0.29) is 18.1 Å². The Hall–Kier alpha value is -1.82. The lowest BCUT2D eigenvalue weighted by Gasteiger charge is -2.01. The molecule has 0 spiro atoms. The normalized spacial score (nSPS) is 10.8. The van der Waals surface area contributed by atoms with Crippen molar-refractivity contribution in [3.8, 4) is 0 Å². The van der Waals surface area contributed by atoms with Gasteiger partial charge in [0, 0.05) is 6.42 Å². The molecule has 0 saturated heterocycles. The van der Waals surface area contributed by atoms with Gasteiger partial charge in [0.1, 0.15) is 10.8 Å². The van der Waals surface area contributed by atoms with Crippen molar-refractivity contribution in [3.05, 3.63) is 40.7 Å². The van der Waals surface area contributed by atoms with Gasteiger partial charge < -0.3 is 5.32 Å². The second kappa shape index (κ2) is 6.56. The van der Waals surface area contributed by atoms with Crippen molar-refractivity contribution in [2.75, 3.05) is 5.32 Å². The number of amides is 1. The van der Waals surface area contributed by atoms with E-state index in [0.29, 0.717) is 11.0 Å². The van der Waals surface area contributed by atoms with Crippen LogP contribution in [0.2, 0.25) is 0 Å². The summed E-state index contributed by atoms with van der Waals surface area (Å²) in [5.74, 6) is 0.0196. The molecule has 2 rings (SSSR count). The van der Waals surface area contributed by atoms with Crippen molar-refractivity contribution in [2.45, 2.75) is 26.7 Å². The van der Waals surface area contributed by atoms with Crippen LogP contribution in [0, 0.1) is 11.7 Å². The quantitative estimate of drug-likeness (QED) is 0.921. The van der Waals surface area contributed by atoms with E-state index in [9.17, 15) is 9.18 Å². The van der Waals surface area contributed by atoms with Crippen LogP contribution in [0.5, 0.6) is 0 Å². The van der Waals surface area contributed by atoms with Crippen molar-refractivity contribution in [2.24, 2.45) is 5.92 Å². The molecule has 1 amide bonds. The van der Waals surface area contributed by atoms with Crippen LogP contribution in [0.15, 0.2) is 24.3 Å². The molecule has 0 bridgehead atoms. The van der Waals surface area contributed by atoms with Crippen LogP contribution in [0.1, 0.15) is 24.4 Å². The topological polar surface area (TPSA) is 54.9 Å². The summed E-state index contributed by atoms with van der Waals surface area (Å²) in [4.78, 5) is 11.8. The Kier molecular flexibility index (Phi) is 4.79. The van der Waals surface area contributed by atoms with Gasteiger partial charge in [0.2, 0.25) is 11.0 Å². The summed E-state index contributed by atoms with van der Waals surface area (Å²) in [5, 5.41) is 12.1. The lowest BCUT2D eigenvalue weighted by molar-refractivity contribution is -0.115. The monoisotopic (exact) mass is 293 g/mol. The van der Waals surface area contributed by atoms with Crippen molar-refractivity contribution < 1.29 is 9.18 Å². The largest absolute Gasteiger partial charge is 0.300 e. The van der Waals surface area contributed by atoms with Gasteiger partial charge in [-0.25, -0.2) is 4.39 Å². The molecule has 4 nitrogen and oxygen atoms in total. The highest BCUT2D eigenvalue weighted by atomic mass is 32.1. The van der Waals surface area contributed by atoms with Crippen LogP contribution < -0.4 is 5.32 Å². The van der Waals surface area contributed by atoms with Gasteiger partial charge in [0.05, 0.1) is 6.42 Å². The number of aromatic nitrogens is 2. The standard InChI is InChI=1S/C14H16FN3OS/c1-9(2)7-13-17-18-14(20-13)16-12(19)8-10-3-5-11(15)6-4-10/h3-6,9H,7-8H2,1-2H3,(H,16,18,19). The van der Waals surface area contributed by atoms with E-state index in [1.165, 1.54) is 23.5 Å². The minimum atomic E-state index is -0.309. The summed E-state index contributed by atoms with van der Waals surface area (Å²) in [6.07, 6.45) is 1.05. The Morgan fingerprint density at radius 2 is 2.00 bits per heavy atom. The van der Waals surface area contributed by atoms with E-state index in [0.717, 1.165) is 17.0 Å². The smallest absolute Gasteiger partial charge is 0.230 e. The molecule has 1 N–H and O–H groups in total. The third-order valence-electron chi connectivity index (χ3n) is 2.57. The van der Waals surface area contributed by atoms with Crippen molar-refractivity contribution in [3.63, 3.8) is 0 Å². The molecular formula is C14H16FN3OS. The van der Waals surface area contributed by atoms with Crippen LogP contribution in [0.25, 0.3) is 0 Å². The van der Waals surface area contributed by atoms with Crippen LogP contribution in [-0.2, 0) is 17.6 Å². The first-order valence-electron chi connectivity index (χ1n) is 6.39. The van der Waals surface area contributed by atoms with Gasteiger partial charge >= 0.3 is 0 Å². The first-order chi connectivity index (χ1) is 9.52. The highest BCUT2D eigenvalue weighted by molar-refractivity contribution is 7.15. The Labute approximate surface area is 121 Å². The third kappa shape index (κ3) is 4.38. The molecule has 0 radical (unpaired) electrons. The minimum Gasteiger partial charge on any atom is -0.300 e. The van der Waals surface area contributed by atoms with Crippen LogP contribution in [0.3, 0.4) is 0 Å². The average molecular weight is 293 g/mol. The van der Waals surface area contributed by atoms with E-state index in [1.54, 1.807) is 12.1 Å². The SMILES string of the molecule is CC(C)Cc1nnc(NC(=O)Cc2ccc(F)cc2)s1. The van der Waals surface area contributed by atoms with Crippen molar-refractivity contribution >= 4 is 22.4 Å². The molecule has 1 aromatic carbocycles. The molecule has 0 atom stereocenters. The fourth-order valence-corrected chi connectivity index (χ4v) is 2.65. The minimum absolute atomic E-state index is 0.177. The molecule has 0 unspecified atom stereocenters. The van der Waals surface area contributed by atoms with E-state index < -0.39 is 0 Å². The zero-order valence-electron chi connectivity index (χ0n) is 11.4. The predicted molar refractivity (Wildman–Crippen MR) is 77.2 cm³/mol. The molecule has 0 saturated carbocycles. The number of carbonyl (C=O) groups is 1. The van der Waals surface area contributed by atoms with Gasteiger partial charge in [-0.15, -0.1) is 10.2 Å². The molecule has 0 aliphatic rings. The fraction of sp³-hybridized carbons (Fsp3) is 0.357. The first kappa shape index (κ1) is 14.6. The summed E-state index contributed by atoms with van der Waals surface area (Å²) < 4.78 is 12.8.